The Labute approximate surface area is 140 Å². The average Bonchev–Trinajstić information content (AvgIpc) is 2.60. The van der Waals surface area contributed by atoms with Crippen LogP contribution in [0.5, 0.6) is 0 Å². The molecule has 2 rings (SSSR count). The summed E-state index contributed by atoms with van der Waals surface area (Å²) in [5.74, 6) is -0.737. The van der Waals surface area contributed by atoms with E-state index in [-0.39, 0.29) is 12.5 Å². The number of hydrogen-bond donors (Lipinski definition) is 1. The van der Waals surface area contributed by atoms with Crippen molar-refractivity contribution < 1.29 is 14.3 Å². The van der Waals surface area contributed by atoms with E-state index in [1.807, 2.05) is 44.2 Å². The first-order chi connectivity index (χ1) is 11.5. The van der Waals surface area contributed by atoms with Gasteiger partial charge in [-0.05, 0) is 41.8 Å². The van der Waals surface area contributed by atoms with Crippen LogP contribution in [0, 0.1) is 11.3 Å². The first-order valence-corrected chi connectivity index (χ1v) is 7.57. The van der Waals surface area contributed by atoms with Crippen LogP contribution in [-0.4, -0.2) is 18.5 Å². The number of ether oxygens (including phenoxy) is 1. The zero-order valence-electron chi connectivity index (χ0n) is 13.6. The van der Waals surface area contributed by atoms with E-state index in [2.05, 4.69) is 5.32 Å². The molecule has 122 valence electrons. The Kier molecular flexibility index (Phi) is 5.69. The molecule has 0 aliphatic carbocycles. The van der Waals surface area contributed by atoms with E-state index in [1.54, 1.807) is 0 Å². The Morgan fingerprint density at radius 2 is 1.79 bits per heavy atom. The second-order valence-electron chi connectivity index (χ2n) is 5.56. The SMILES string of the molecule is CC(C)c1ccccc1NC(=O)COC(=O)c1ccc(C#N)cc1. The maximum Gasteiger partial charge on any atom is 0.338 e. The third-order valence-corrected chi connectivity index (χ3v) is 3.44. The van der Waals surface area contributed by atoms with Gasteiger partial charge in [-0.25, -0.2) is 4.79 Å². The summed E-state index contributed by atoms with van der Waals surface area (Å²) in [7, 11) is 0. The number of anilines is 1. The lowest BCUT2D eigenvalue weighted by Gasteiger charge is -2.13. The third-order valence-electron chi connectivity index (χ3n) is 3.44. The van der Waals surface area contributed by atoms with Crippen LogP contribution in [0.3, 0.4) is 0 Å². The minimum absolute atomic E-state index is 0.266. The predicted molar refractivity (Wildman–Crippen MR) is 90.6 cm³/mol. The first kappa shape index (κ1) is 17.2. The van der Waals surface area contributed by atoms with Gasteiger partial charge in [-0.2, -0.15) is 5.26 Å². The van der Waals surface area contributed by atoms with Crippen LogP contribution in [0.15, 0.2) is 48.5 Å². The van der Waals surface area contributed by atoms with Crippen molar-refractivity contribution >= 4 is 17.6 Å². The number of benzene rings is 2. The number of esters is 1. The summed E-state index contributed by atoms with van der Waals surface area (Å²) < 4.78 is 5.00. The fraction of sp³-hybridized carbons (Fsp3) is 0.211. The van der Waals surface area contributed by atoms with Crippen LogP contribution in [-0.2, 0) is 9.53 Å². The van der Waals surface area contributed by atoms with Gasteiger partial charge in [-0.1, -0.05) is 32.0 Å². The van der Waals surface area contributed by atoms with Crippen molar-refractivity contribution in [3.63, 3.8) is 0 Å². The summed E-state index contributed by atoms with van der Waals surface area (Å²) in [5.41, 5.74) is 2.48. The Hall–Kier alpha value is -3.13. The maximum absolute atomic E-state index is 12.0. The van der Waals surface area contributed by atoms with Crippen molar-refractivity contribution in [1.29, 1.82) is 5.26 Å². The highest BCUT2D eigenvalue weighted by molar-refractivity contribution is 5.96. The predicted octanol–water partition coefficient (Wildman–Crippen LogP) is 3.48. The van der Waals surface area contributed by atoms with E-state index in [0.29, 0.717) is 16.8 Å². The normalized spacial score (nSPS) is 10.1. The van der Waals surface area contributed by atoms with Gasteiger partial charge in [-0.15, -0.1) is 0 Å². The Balaban J connectivity index is 1.93. The summed E-state index contributed by atoms with van der Waals surface area (Å²) >= 11 is 0. The molecule has 0 heterocycles. The molecular formula is C19H18N2O3. The summed E-state index contributed by atoms with van der Waals surface area (Å²) in [6, 6.07) is 15.5. The molecule has 2 aromatic carbocycles. The molecule has 5 heteroatoms. The molecule has 0 fully saturated rings. The molecule has 0 atom stereocenters. The highest BCUT2D eigenvalue weighted by Crippen LogP contribution is 2.23. The molecule has 1 N–H and O–H groups in total. The van der Waals surface area contributed by atoms with Gasteiger partial charge < -0.3 is 10.1 Å². The molecule has 2 aromatic rings. The average molecular weight is 322 g/mol. The van der Waals surface area contributed by atoms with Crippen LogP contribution in [0.25, 0.3) is 0 Å². The van der Waals surface area contributed by atoms with Gasteiger partial charge in [0.2, 0.25) is 0 Å². The standard InChI is InChI=1S/C19H18N2O3/c1-13(2)16-5-3-4-6-17(16)21-18(22)12-24-19(23)15-9-7-14(11-20)8-10-15/h3-10,13H,12H2,1-2H3,(H,21,22). The van der Waals surface area contributed by atoms with E-state index >= 15 is 0 Å². The van der Waals surface area contributed by atoms with Gasteiger partial charge in [0.1, 0.15) is 0 Å². The van der Waals surface area contributed by atoms with E-state index in [4.69, 9.17) is 10.00 Å². The first-order valence-electron chi connectivity index (χ1n) is 7.57. The van der Waals surface area contributed by atoms with Crippen LogP contribution in [0.2, 0.25) is 0 Å². The quantitative estimate of drug-likeness (QED) is 0.855. The number of para-hydroxylation sites is 1. The monoisotopic (exact) mass is 322 g/mol. The van der Waals surface area contributed by atoms with Gasteiger partial charge in [0, 0.05) is 5.69 Å². The van der Waals surface area contributed by atoms with E-state index < -0.39 is 11.9 Å². The number of nitrogens with one attached hydrogen (secondary N) is 1. The van der Waals surface area contributed by atoms with Crippen molar-refractivity contribution in [3.05, 3.63) is 65.2 Å². The topological polar surface area (TPSA) is 79.2 Å². The molecule has 0 unspecified atom stereocenters. The van der Waals surface area contributed by atoms with Gasteiger partial charge >= 0.3 is 5.97 Å². The smallest absolute Gasteiger partial charge is 0.338 e. The van der Waals surface area contributed by atoms with Crippen molar-refractivity contribution in [2.75, 3.05) is 11.9 Å². The fourth-order valence-electron chi connectivity index (χ4n) is 2.20. The highest BCUT2D eigenvalue weighted by Gasteiger charge is 2.12. The summed E-state index contributed by atoms with van der Waals surface area (Å²) in [5, 5.41) is 11.5. The minimum atomic E-state index is -0.605. The van der Waals surface area contributed by atoms with Gasteiger partial charge in [0.15, 0.2) is 6.61 Å². The van der Waals surface area contributed by atoms with Gasteiger partial charge in [0.05, 0.1) is 17.2 Å². The summed E-state index contributed by atoms with van der Waals surface area (Å²) in [4.78, 5) is 23.9. The Morgan fingerprint density at radius 1 is 1.12 bits per heavy atom. The molecule has 0 saturated heterocycles. The molecule has 0 spiro atoms. The largest absolute Gasteiger partial charge is 0.452 e. The summed E-state index contributed by atoms with van der Waals surface area (Å²) in [6.45, 7) is 3.71. The Bertz CT molecular complexity index is 774. The number of nitrogens with zero attached hydrogens (tertiary/aromatic N) is 1. The lowest BCUT2D eigenvalue weighted by molar-refractivity contribution is -0.119. The number of rotatable bonds is 5. The number of amides is 1. The number of carbonyl (C=O) groups excluding carboxylic acids is 2. The number of carbonyl (C=O) groups is 2. The molecule has 5 nitrogen and oxygen atoms in total. The number of nitriles is 1. The third kappa shape index (κ3) is 4.43. The second kappa shape index (κ2) is 7.93. The molecule has 0 aromatic heterocycles. The highest BCUT2D eigenvalue weighted by atomic mass is 16.5. The van der Waals surface area contributed by atoms with Crippen LogP contribution in [0.4, 0.5) is 5.69 Å². The molecule has 0 aliphatic rings. The maximum atomic E-state index is 12.0. The van der Waals surface area contributed by atoms with Crippen molar-refractivity contribution in [2.24, 2.45) is 0 Å². The zero-order chi connectivity index (χ0) is 17.5. The molecule has 0 saturated carbocycles. The van der Waals surface area contributed by atoms with Crippen LogP contribution < -0.4 is 5.32 Å². The minimum Gasteiger partial charge on any atom is -0.452 e. The summed E-state index contributed by atoms with van der Waals surface area (Å²) in [6.07, 6.45) is 0. The molecule has 0 aliphatic heterocycles. The van der Waals surface area contributed by atoms with E-state index in [0.717, 1.165) is 5.56 Å². The number of hydrogen-bond acceptors (Lipinski definition) is 4. The van der Waals surface area contributed by atoms with Gasteiger partial charge in [-0.3, -0.25) is 4.79 Å². The van der Waals surface area contributed by atoms with Gasteiger partial charge in [0.25, 0.3) is 5.91 Å². The van der Waals surface area contributed by atoms with Crippen LogP contribution >= 0.6 is 0 Å². The molecule has 0 bridgehead atoms. The fourth-order valence-corrected chi connectivity index (χ4v) is 2.20. The van der Waals surface area contributed by atoms with Crippen molar-refractivity contribution in [2.45, 2.75) is 19.8 Å². The Morgan fingerprint density at radius 3 is 2.42 bits per heavy atom. The van der Waals surface area contributed by atoms with Crippen LogP contribution in [0.1, 0.15) is 41.3 Å². The second-order valence-corrected chi connectivity index (χ2v) is 5.56. The van der Waals surface area contributed by atoms with Crippen molar-refractivity contribution in [1.82, 2.24) is 0 Å². The lowest BCUT2D eigenvalue weighted by atomic mass is 10.0. The zero-order valence-corrected chi connectivity index (χ0v) is 13.6. The van der Waals surface area contributed by atoms with Crippen molar-refractivity contribution in [3.8, 4) is 6.07 Å². The molecule has 24 heavy (non-hydrogen) atoms. The molecule has 0 radical (unpaired) electrons. The van der Waals surface area contributed by atoms with E-state index in [1.165, 1.54) is 24.3 Å². The lowest BCUT2D eigenvalue weighted by Crippen LogP contribution is -2.21. The molecular weight excluding hydrogens is 304 g/mol. The molecule has 1 amide bonds. The van der Waals surface area contributed by atoms with E-state index in [9.17, 15) is 9.59 Å².